The summed E-state index contributed by atoms with van der Waals surface area (Å²) in [4.78, 5) is 0. The predicted molar refractivity (Wildman–Crippen MR) is 49.5 cm³/mol. The Kier molecular flexibility index (Phi) is 4.17. The minimum atomic E-state index is 0. The second-order valence-corrected chi connectivity index (χ2v) is 3.20. The largest absolute Gasteiger partial charge is 1.00 e. The van der Waals surface area contributed by atoms with Crippen molar-refractivity contribution in [1.82, 2.24) is 0 Å². The van der Waals surface area contributed by atoms with E-state index >= 15 is 0 Å². The Labute approximate surface area is 97.9 Å². The molecule has 2 heterocycles. The van der Waals surface area contributed by atoms with Gasteiger partial charge in [0.2, 0.25) is 6.54 Å². The SMILES string of the molecule is Clc1cc[n+](Cc2ccco2)cc1.[Br-]. The van der Waals surface area contributed by atoms with E-state index in [1.165, 1.54) is 0 Å². The van der Waals surface area contributed by atoms with Crippen LogP contribution >= 0.6 is 11.6 Å². The molecule has 14 heavy (non-hydrogen) atoms. The van der Waals surface area contributed by atoms with Crippen molar-refractivity contribution in [1.29, 1.82) is 0 Å². The summed E-state index contributed by atoms with van der Waals surface area (Å²) in [6, 6.07) is 7.53. The van der Waals surface area contributed by atoms with E-state index in [0.29, 0.717) is 0 Å². The van der Waals surface area contributed by atoms with Crippen molar-refractivity contribution < 1.29 is 26.0 Å². The van der Waals surface area contributed by atoms with Crippen molar-refractivity contribution >= 4 is 11.6 Å². The highest BCUT2D eigenvalue weighted by molar-refractivity contribution is 6.30. The van der Waals surface area contributed by atoms with E-state index in [0.717, 1.165) is 17.3 Å². The highest BCUT2D eigenvalue weighted by Crippen LogP contribution is 2.03. The average Bonchev–Trinajstić information content (AvgIpc) is 2.62. The third kappa shape index (κ3) is 2.86. The number of hydrogen-bond acceptors (Lipinski definition) is 1. The Hall–Kier alpha value is -0.800. The van der Waals surface area contributed by atoms with Crippen LogP contribution in [0.1, 0.15) is 5.76 Å². The average molecular weight is 275 g/mol. The lowest BCUT2D eigenvalue weighted by molar-refractivity contribution is -0.690. The molecular formula is C10H9BrClNO. The summed E-state index contributed by atoms with van der Waals surface area (Å²) in [7, 11) is 0. The first-order chi connectivity index (χ1) is 6.34. The van der Waals surface area contributed by atoms with Gasteiger partial charge in [0, 0.05) is 12.1 Å². The number of pyridine rings is 1. The predicted octanol–water partition coefficient (Wildman–Crippen LogP) is -0.727. The molecule has 0 unspecified atom stereocenters. The summed E-state index contributed by atoms with van der Waals surface area (Å²) in [6.07, 6.45) is 5.52. The molecule has 0 saturated heterocycles. The fourth-order valence-electron chi connectivity index (χ4n) is 1.13. The number of halogens is 2. The van der Waals surface area contributed by atoms with Gasteiger partial charge in [-0.3, -0.25) is 0 Å². The van der Waals surface area contributed by atoms with Gasteiger partial charge in [-0.25, -0.2) is 0 Å². The topological polar surface area (TPSA) is 17.0 Å². The van der Waals surface area contributed by atoms with Crippen LogP contribution in [0.4, 0.5) is 0 Å². The summed E-state index contributed by atoms with van der Waals surface area (Å²) in [5, 5.41) is 0.746. The first-order valence-electron chi connectivity index (χ1n) is 4.01. The van der Waals surface area contributed by atoms with E-state index in [4.69, 9.17) is 16.0 Å². The Morgan fingerprint density at radius 1 is 1.21 bits per heavy atom. The van der Waals surface area contributed by atoms with Gasteiger partial charge >= 0.3 is 0 Å². The second-order valence-electron chi connectivity index (χ2n) is 2.77. The quantitative estimate of drug-likeness (QED) is 0.660. The zero-order valence-electron chi connectivity index (χ0n) is 7.36. The minimum absolute atomic E-state index is 0. The second kappa shape index (κ2) is 5.17. The molecule has 0 saturated carbocycles. The van der Waals surface area contributed by atoms with E-state index in [2.05, 4.69) is 0 Å². The van der Waals surface area contributed by atoms with Gasteiger partial charge < -0.3 is 21.4 Å². The number of nitrogens with zero attached hydrogens (tertiary/aromatic N) is 1. The van der Waals surface area contributed by atoms with Crippen molar-refractivity contribution in [3.63, 3.8) is 0 Å². The molecule has 74 valence electrons. The van der Waals surface area contributed by atoms with Crippen molar-refractivity contribution in [2.75, 3.05) is 0 Å². The summed E-state index contributed by atoms with van der Waals surface area (Å²) in [5.74, 6) is 0.937. The molecule has 0 bridgehead atoms. The fraction of sp³-hybridized carbons (Fsp3) is 0.100. The van der Waals surface area contributed by atoms with E-state index in [9.17, 15) is 0 Å². The molecule has 0 atom stereocenters. The van der Waals surface area contributed by atoms with Gasteiger partial charge in [0.25, 0.3) is 0 Å². The van der Waals surface area contributed by atoms with Gasteiger partial charge in [-0.2, -0.15) is 4.57 Å². The van der Waals surface area contributed by atoms with E-state index < -0.39 is 0 Å². The van der Waals surface area contributed by atoms with Crippen LogP contribution in [0.3, 0.4) is 0 Å². The minimum Gasteiger partial charge on any atom is -1.00 e. The van der Waals surface area contributed by atoms with E-state index in [1.807, 2.05) is 41.2 Å². The van der Waals surface area contributed by atoms with Crippen LogP contribution in [0.2, 0.25) is 5.02 Å². The summed E-state index contributed by atoms with van der Waals surface area (Å²) < 4.78 is 7.22. The van der Waals surface area contributed by atoms with Crippen LogP contribution in [0.5, 0.6) is 0 Å². The van der Waals surface area contributed by atoms with Crippen molar-refractivity contribution in [2.45, 2.75) is 6.54 Å². The summed E-state index contributed by atoms with van der Waals surface area (Å²) in [6.45, 7) is 0.740. The first-order valence-corrected chi connectivity index (χ1v) is 4.39. The molecule has 0 radical (unpaired) electrons. The lowest BCUT2D eigenvalue weighted by Gasteiger charge is -1.92. The third-order valence-corrected chi connectivity index (χ3v) is 2.02. The zero-order chi connectivity index (χ0) is 9.10. The van der Waals surface area contributed by atoms with Crippen LogP contribution in [-0.4, -0.2) is 0 Å². The lowest BCUT2D eigenvalue weighted by atomic mass is 10.4. The third-order valence-electron chi connectivity index (χ3n) is 1.77. The lowest BCUT2D eigenvalue weighted by Crippen LogP contribution is -3.00. The molecular weight excluding hydrogens is 265 g/mol. The normalized spacial score (nSPS) is 9.50. The molecule has 4 heteroatoms. The Balaban J connectivity index is 0.000000980. The Bertz CT molecular complexity index is 372. The molecule has 0 N–H and O–H groups in total. The van der Waals surface area contributed by atoms with Crippen molar-refractivity contribution in [3.8, 4) is 0 Å². The highest BCUT2D eigenvalue weighted by Gasteiger charge is 2.03. The molecule has 2 rings (SSSR count). The van der Waals surface area contributed by atoms with Crippen LogP contribution < -0.4 is 21.5 Å². The molecule has 2 aromatic rings. The van der Waals surface area contributed by atoms with E-state index in [-0.39, 0.29) is 17.0 Å². The Morgan fingerprint density at radius 2 is 1.93 bits per heavy atom. The molecule has 0 aliphatic carbocycles. The van der Waals surface area contributed by atoms with Gasteiger partial charge in [0.15, 0.2) is 18.2 Å². The summed E-state index contributed by atoms with van der Waals surface area (Å²) in [5.41, 5.74) is 0. The number of rotatable bonds is 2. The molecule has 0 aromatic carbocycles. The highest BCUT2D eigenvalue weighted by atomic mass is 79.9. The summed E-state index contributed by atoms with van der Waals surface area (Å²) >= 11 is 5.76. The number of aromatic nitrogens is 1. The number of furan rings is 1. The molecule has 0 aliphatic heterocycles. The van der Waals surface area contributed by atoms with Crippen LogP contribution in [0, 0.1) is 0 Å². The first kappa shape index (κ1) is 11.3. The van der Waals surface area contributed by atoms with E-state index in [1.54, 1.807) is 6.26 Å². The van der Waals surface area contributed by atoms with Gasteiger partial charge in [-0.1, -0.05) is 11.6 Å². The smallest absolute Gasteiger partial charge is 0.205 e. The maximum atomic E-state index is 5.76. The molecule has 2 nitrogen and oxygen atoms in total. The van der Waals surface area contributed by atoms with Gasteiger partial charge in [0.05, 0.1) is 11.3 Å². The molecule has 0 spiro atoms. The van der Waals surface area contributed by atoms with Crippen molar-refractivity contribution in [2.24, 2.45) is 0 Å². The zero-order valence-corrected chi connectivity index (χ0v) is 9.70. The fourth-order valence-corrected chi connectivity index (χ4v) is 1.24. The maximum absolute atomic E-state index is 5.76. The van der Waals surface area contributed by atoms with Gasteiger partial charge in [0.1, 0.15) is 0 Å². The monoisotopic (exact) mass is 273 g/mol. The molecule has 2 aromatic heterocycles. The van der Waals surface area contributed by atoms with Gasteiger partial charge in [-0.05, 0) is 12.1 Å². The standard InChI is InChI=1S/C10H9ClNO.BrH/c11-9-3-5-12(6-4-9)8-10-2-1-7-13-10;/h1-7H,8H2;1H/q+1;/p-1. The molecule has 0 amide bonds. The Morgan fingerprint density at radius 3 is 2.50 bits per heavy atom. The van der Waals surface area contributed by atoms with Crippen LogP contribution in [0.15, 0.2) is 47.3 Å². The maximum Gasteiger partial charge on any atom is 0.205 e. The van der Waals surface area contributed by atoms with Gasteiger partial charge in [-0.15, -0.1) is 0 Å². The molecule has 0 fully saturated rings. The van der Waals surface area contributed by atoms with Crippen LogP contribution in [-0.2, 0) is 6.54 Å². The molecule has 0 aliphatic rings. The van der Waals surface area contributed by atoms with Crippen LogP contribution in [0.25, 0.3) is 0 Å². The number of hydrogen-bond donors (Lipinski definition) is 0. The van der Waals surface area contributed by atoms with Crippen molar-refractivity contribution in [3.05, 3.63) is 53.7 Å².